The Kier molecular flexibility index (Phi) is 11.4. The van der Waals surface area contributed by atoms with Crippen molar-refractivity contribution in [3.8, 4) is 11.5 Å². The largest absolute Gasteiger partial charge is 0.452 e. The molecule has 1 unspecified atom stereocenters. The van der Waals surface area contributed by atoms with Crippen molar-refractivity contribution in [2.45, 2.75) is 100 Å². The number of amides is 2. The maximum atomic E-state index is 15.4. The molecule has 3 aromatic carbocycles. The molecule has 4 aromatic rings. The zero-order valence-electron chi connectivity index (χ0n) is 34.0. The van der Waals surface area contributed by atoms with Crippen LogP contribution in [0, 0.1) is 11.6 Å². The number of benzene rings is 3. The summed E-state index contributed by atoms with van der Waals surface area (Å²) in [4.78, 5) is 44.6. The minimum atomic E-state index is -4.16. The van der Waals surface area contributed by atoms with Crippen LogP contribution >= 0.6 is 0 Å². The Morgan fingerprint density at radius 2 is 1.71 bits per heavy atom. The molecule has 1 aliphatic carbocycles. The van der Waals surface area contributed by atoms with Crippen molar-refractivity contribution in [3.05, 3.63) is 82.4 Å². The molecule has 4 aliphatic heterocycles. The van der Waals surface area contributed by atoms with Gasteiger partial charge in [0.1, 0.15) is 29.5 Å². The fourth-order valence-corrected chi connectivity index (χ4v) is 11.1. The first-order valence-electron chi connectivity index (χ1n) is 21.2. The third-order valence-electron chi connectivity index (χ3n) is 13.3. The zero-order valence-corrected chi connectivity index (χ0v) is 34.8. The van der Waals surface area contributed by atoms with Gasteiger partial charge in [-0.2, -0.15) is 12.7 Å². The number of nitrogen functional groups attached to an aromatic ring is 1. The highest BCUT2D eigenvalue weighted by atomic mass is 32.2. The number of alkyl halides is 1. The molecule has 3 atom stereocenters. The Hall–Kier alpha value is -5.24. The number of rotatable bonds is 10. The lowest BCUT2D eigenvalue weighted by molar-refractivity contribution is -0.133. The number of carbonyl (C=O) groups excluding carboxylic acids is 2. The van der Waals surface area contributed by atoms with E-state index in [0.29, 0.717) is 42.3 Å². The van der Waals surface area contributed by atoms with Gasteiger partial charge in [-0.25, -0.2) is 18.2 Å². The lowest BCUT2D eigenvalue weighted by atomic mass is 9.79. The molecule has 330 valence electrons. The summed E-state index contributed by atoms with van der Waals surface area (Å²) in [6.45, 7) is 1.74. The zero-order chi connectivity index (χ0) is 43.3. The Bertz CT molecular complexity index is 2560. The first-order chi connectivity index (χ1) is 29.7. The van der Waals surface area contributed by atoms with Gasteiger partial charge in [-0.1, -0.05) is 6.07 Å². The van der Waals surface area contributed by atoms with Crippen LogP contribution in [-0.4, -0.2) is 95.6 Å². The summed E-state index contributed by atoms with van der Waals surface area (Å²) in [5.74, 6) is -2.09. The number of ether oxygens (including phenoxy) is 2. The first kappa shape index (κ1) is 42.1. The molecule has 62 heavy (non-hydrogen) atoms. The van der Waals surface area contributed by atoms with Gasteiger partial charge in [0.25, 0.3) is 5.56 Å². The van der Waals surface area contributed by atoms with Crippen LogP contribution in [0.15, 0.2) is 59.7 Å². The van der Waals surface area contributed by atoms with Crippen LogP contribution in [0.5, 0.6) is 11.5 Å². The summed E-state index contributed by atoms with van der Waals surface area (Å²) < 4.78 is 87.0. The Labute approximate surface area is 356 Å². The van der Waals surface area contributed by atoms with Crippen LogP contribution in [-0.2, 0) is 24.5 Å². The highest BCUT2D eigenvalue weighted by molar-refractivity contribution is 7.90. The van der Waals surface area contributed by atoms with E-state index in [0.717, 1.165) is 68.1 Å². The van der Waals surface area contributed by atoms with E-state index in [9.17, 15) is 27.2 Å². The number of aromatic nitrogens is 2. The lowest BCUT2D eigenvalue weighted by Crippen LogP contribution is -2.49. The van der Waals surface area contributed by atoms with E-state index < -0.39 is 39.9 Å². The van der Waals surface area contributed by atoms with Crippen LogP contribution in [0.4, 0.5) is 30.2 Å². The lowest BCUT2D eigenvalue weighted by Gasteiger charge is -2.44. The van der Waals surface area contributed by atoms with Crippen molar-refractivity contribution in [1.29, 1.82) is 0 Å². The van der Waals surface area contributed by atoms with Crippen molar-refractivity contribution < 1.29 is 40.7 Å². The molecule has 1 aromatic heterocycles. The van der Waals surface area contributed by atoms with Crippen LogP contribution < -0.4 is 31.4 Å². The number of nitrogens with zero attached hydrogens (tertiary/aromatic N) is 4. The molecule has 9 rings (SSSR count). The minimum absolute atomic E-state index is 0.00120. The number of piperidine rings is 2. The van der Waals surface area contributed by atoms with E-state index >= 15 is 8.78 Å². The third kappa shape index (κ3) is 8.46. The maximum Gasteiger partial charge on any atom is 0.301 e. The van der Waals surface area contributed by atoms with Gasteiger partial charge in [0.2, 0.25) is 11.8 Å². The highest BCUT2D eigenvalue weighted by Gasteiger charge is 2.45. The van der Waals surface area contributed by atoms with Crippen LogP contribution in [0.1, 0.15) is 81.7 Å². The van der Waals surface area contributed by atoms with Crippen molar-refractivity contribution in [3.63, 3.8) is 0 Å². The van der Waals surface area contributed by atoms with E-state index in [1.54, 1.807) is 16.7 Å². The average Bonchev–Trinajstić information content (AvgIpc) is 3.89. The smallest absolute Gasteiger partial charge is 0.301 e. The SMILES string of the molecule is Nc1c(NS(=O)(=O)N2CC[C@@H](F)C2)ccc(F)c1Oc1ccc2ncn([C@H]3COC4(CCN(C5CCC(c6ccc(NC7CCC(=O)NC7=O)cc6F)CC5)CC4)C3)c(=O)c2c1. The van der Waals surface area contributed by atoms with Gasteiger partial charge < -0.3 is 25.4 Å². The van der Waals surface area contributed by atoms with Gasteiger partial charge in [-0.3, -0.25) is 29.0 Å². The maximum absolute atomic E-state index is 15.4. The number of hydrogen-bond donors (Lipinski definition) is 4. The summed E-state index contributed by atoms with van der Waals surface area (Å²) in [6.07, 6.45) is 6.82. The second-order valence-electron chi connectivity index (χ2n) is 17.2. The first-order valence-corrected chi connectivity index (χ1v) is 22.6. The Morgan fingerprint density at radius 1 is 0.919 bits per heavy atom. The molecule has 0 bridgehead atoms. The van der Waals surface area contributed by atoms with E-state index in [2.05, 4.69) is 25.2 Å². The summed E-state index contributed by atoms with van der Waals surface area (Å²) in [5, 5.41) is 5.61. The standard InChI is InChI=1S/C43H49F3N8O7S/c44-26-13-16-53(22-26)62(58,59)51-36-10-8-33(45)40(39(36)47)61-30-6-9-35-32(20-30)42(57)54(24-48-35)29-21-43(60-23-29)14-17-52(18-15-43)28-4-1-25(2-5-28)31-7-3-27(19-34(31)46)49-37-11-12-38(55)50-41(37)56/h3,6-10,19-20,24-26,28-29,37,49,51H,1-2,4-5,11-18,21-23,47H2,(H,50,55,56)/t25?,26-,28?,29-,37?/m1/s1. The van der Waals surface area contributed by atoms with Gasteiger partial charge in [0.15, 0.2) is 11.6 Å². The molecule has 15 nitrogen and oxygen atoms in total. The van der Waals surface area contributed by atoms with Crippen molar-refractivity contribution in [2.75, 3.05) is 48.6 Å². The summed E-state index contributed by atoms with van der Waals surface area (Å²) >= 11 is 0. The topological polar surface area (TPSA) is 190 Å². The van der Waals surface area contributed by atoms with Gasteiger partial charge in [-0.05, 0) is 112 Å². The monoisotopic (exact) mass is 878 g/mol. The number of hydrogen-bond acceptors (Lipinski definition) is 11. The number of nitrogens with two attached hydrogens (primary N) is 1. The summed E-state index contributed by atoms with van der Waals surface area (Å²) in [6, 6.07) is 11.3. The predicted molar refractivity (Wildman–Crippen MR) is 225 cm³/mol. The van der Waals surface area contributed by atoms with Crippen LogP contribution in [0.3, 0.4) is 0 Å². The van der Waals surface area contributed by atoms with Gasteiger partial charge in [-0.15, -0.1) is 0 Å². The van der Waals surface area contributed by atoms with Crippen molar-refractivity contribution >= 4 is 50.0 Å². The minimum Gasteiger partial charge on any atom is -0.452 e. The van der Waals surface area contributed by atoms with E-state index in [4.69, 9.17) is 15.2 Å². The molecule has 4 saturated heterocycles. The average molecular weight is 879 g/mol. The number of anilines is 3. The van der Waals surface area contributed by atoms with Crippen molar-refractivity contribution in [1.82, 2.24) is 24.1 Å². The predicted octanol–water partition coefficient (Wildman–Crippen LogP) is 5.49. The molecular weight excluding hydrogens is 830 g/mol. The molecule has 1 spiro atoms. The number of halogens is 3. The second-order valence-corrected chi connectivity index (χ2v) is 18.9. The van der Waals surface area contributed by atoms with E-state index in [1.165, 1.54) is 24.5 Å². The van der Waals surface area contributed by atoms with Gasteiger partial charge in [0.05, 0.1) is 41.2 Å². The molecule has 5 aliphatic rings. The summed E-state index contributed by atoms with van der Waals surface area (Å²) in [5.41, 5.74) is 6.64. The van der Waals surface area contributed by atoms with E-state index in [1.807, 2.05) is 6.07 Å². The van der Waals surface area contributed by atoms with E-state index in [-0.39, 0.29) is 83.3 Å². The fraction of sp³-hybridized carbons (Fsp3) is 0.488. The third-order valence-corrected chi connectivity index (χ3v) is 14.8. The van der Waals surface area contributed by atoms with Gasteiger partial charge in [0, 0.05) is 44.3 Å². The van der Waals surface area contributed by atoms with Crippen molar-refractivity contribution in [2.24, 2.45) is 0 Å². The molecule has 1 saturated carbocycles. The Morgan fingerprint density at radius 3 is 2.44 bits per heavy atom. The number of fused-ring (bicyclic) bond motifs is 1. The normalized spacial score (nSPS) is 25.9. The second kappa shape index (κ2) is 16.8. The molecular formula is C43H49F3N8O7S. The highest BCUT2D eigenvalue weighted by Crippen LogP contribution is 2.43. The molecule has 5 heterocycles. The van der Waals surface area contributed by atoms with Crippen LogP contribution in [0.2, 0.25) is 0 Å². The quantitative estimate of drug-likeness (QED) is 0.117. The number of nitrogens with one attached hydrogen (secondary N) is 3. The fourth-order valence-electron chi connectivity index (χ4n) is 9.81. The molecule has 5 fully saturated rings. The van der Waals surface area contributed by atoms with Gasteiger partial charge >= 0.3 is 10.2 Å². The molecule has 0 radical (unpaired) electrons. The van der Waals surface area contributed by atoms with Crippen LogP contribution in [0.25, 0.3) is 10.9 Å². The number of carbonyl (C=O) groups is 2. The molecule has 19 heteroatoms. The summed E-state index contributed by atoms with van der Waals surface area (Å²) in [7, 11) is -4.16. The number of imide groups is 1. The molecule has 2 amide bonds. The number of likely N-dealkylation sites (tertiary alicyclic amines) is 1. The molecule has 5 N–H and O–H groups in total. The Balaban J connectivity index is 0.802.